The van der Waals surface area contributed by atoms with E-state index >= 15 is 0 Å². The van der Waals surface area contributed by atoms with Crippen molar-refractivity contribution in [3.63, 3.8) is 0 Å². The van der Waals surface area contributed by atoms with Crippen molar-refractivity contribution in [2.45, 2.75) is 43.4 Å². The monoisotopic (exact) mass is 265 g/mol. The van der Waals surface area contributed by atoms with Gasteiger partial charge in [0.05, 0.1) is 6.54 Å². The molecule has 7 heteroatoms. The molecule has 0 heterocycles. The van der Waals surface area contributed by atoms with Crippen LogP contribution in [0.5, 0.6) is 0 Å². The van der Waals surface area contributed by atoms with Gasteiger partial charge in [-0.15, -0.1) is 0 Å². The standard InChI is InChI=1S/C11H18F3N3O/c12-11(13,14)6-17(8-3-4-8)5-10(16,9(15)18)7-1-2-7/h7-8H,1-6,16H2,(H2,15,18). The molecule has 2 fully saturated rings. The van der Waals surface area contributed by atoms with E-state index in [9.17, 15) is 18.0 Å². The van der Waals surface area contributed by atoms with Crippen molar-refractivity contribution in [3.8, 4) is 0 Å². The molecule has 0 aromatic heterocycles. The third kappa shape index (κ3) is 3.14. The van der Waals surface area contributed by atoms with Crippen LogP contribution in [-0.4, -0.2) is 41.7 Å². The van der Waals surface area contributed by atoms with Crippen molar-refractivity contribution in [1.29, 1.82) is 0 Å². The highest BCUT2D eigenvalue weighted by Crippen LogP contribution is 2.40. The topological polar surface area (TPSA) is 72.3 Å². The molecule has 2 rings (SSSR count). The smallest absolute Gasteiger partial charge is 0.368 e. The van der Waals surface area contributed by atoms with Crippen molar-refractivity contribution >= 4 is 5.91 Å². The van der Waals surface area contributed by atoms with Gasteiger partial charge in [-0.3, -0.25) is 9.69 Å². The van der Waals surface area contributed by atoms with Gasteiger partial charge in [0.25, 0.3) is 0 Å². The minimum atomic E-state index is -4.27. The first-order valence-corrected chi connectivity index (χ1v) is 6.12. The molecule has 0 radical (unpaired) electrons. The van der Waals surface area contributed by atoms with Crippen molar-refractivity contribution in [2.24, 2.45) is 17.4 Å². The molecule has 18 heavy (non-hydrogen) atoms. The Balaban J connectivity index is 2.05. The second kappa shape index (κ2) is 4.38. The Labute approximate surface area is 103 Å². The molecule has 1 atom stereocenters. The van der Waals surface area contributed by atoms with Crippen molar-refractivity contribution < 1.29 is 18.0 Å². The predicted octanol–water partition coefficient (Wildman–Crippen LogP) is 0.606. The largest absolute Gasteiger partial charge is 0.401 e. The van der Waals surface area contributed by atoms with Crippen LogP contribution in [0.15, 0.2) is 0 Å². The number of hydrogen-bond donors (Lipinski definition) is 2. The third-order valence-electron chi connectivity index (χ3n) is 3.67. The number of hydrogen-bond acceptors (Lipinski definition) is 3. The molecule has 1 unspecified atom stereocenters. The third-order valence-corrected chi connectivity index (χ3v) is 3.67. The molecule has 0 bridgehead atoms. The van der Waals surface area contributed by atoms with Crippen LogP contribution in [0.25, 0.3) is 0 Å². The average molecular weight is 265 g/mol. The van der Waals surface area contributed by atoms with E-state index in [-0.39, 0.29) is 18.5 Å². The normalized spacial score (nSPS) is 24.1. The molecule has 0 aromatic carbocycles. The van der Waals surface area contributed by atoms with Gasteiger partial charge in [0.15, 0.2) is 0 Å². The number of carbonyl (C=O) groups excluding carboxylic acids is 1. The van der Waals surface area contributed by atoms with E-state index in [1.165, 1.54) is 4.90 Å². The number of primary amides is 1. The van der Waals surface area contributed by atoms with E-state index in [0.717, 1.165) is 25.7 Å². The van der Waals surface area contributed by atoms with E-state index in [1.54, 1.807) is 0 Å². The number of nitrogens with zero attached hydrogens (tertiary/aromatic N) is 1. The number of nitrogens with two attached hydrogens (primary N) is 2. The van der Waals surface area contributed by atoms with E-state index < -0.39 is 24.2 Å². The first kappa shape index (κ1) is 13.6. The molecule has 0 spiro atoms. The molecule has 0 saturated heterocycles. The van der Waals surface area contributed by atoms with Gasteiger partial charge in [-0.05, 0) is 31.6 Å². The van der Waals surface area contributed by atoms with Gasteiger partial charge in [-0.1, -0.05) is 0 Å². The second-order valence-corrected chi connectivity index (χ2v) is 5.43. The molecule has 104 valence electrons. The van der Waals surface area contributed by atoms with Gasteiger partial charge >= 0.3 is 6.18 Å². The summed E-state index contributed by atoms with van der Waals surface area (Å²) in [5.74, 6) is -0.762. The van der Waals surface area contributed by atoms with Crippen LogP contribution in [0.3, 0.4) is 0 Å². The fourth-order valence-electron chi connectivity index (χ4n) is 2.33. The Hall–Kier alpha value is -0.820. The lowest BCUT2D eigenvalue weighted by atomic mass is 9.92. The van der Waals surface area contributed by atoms with Gasteiger partial charge in [-0.2, -0.15) is 13.2 Å². The lowest BCUT2D eigenvalue weighted by Gasteiger charge is -2.33. The summed E-state index contributed by atoms with van der Waals surface area (Å²) in [6.45, 7) is -1.10. The van der Waals surface area contributed by atoms with Crippen LogP contribution in [0.4, 0.5) is 13.2 Å². The second-order valence-electron chi connectivity index (χ2n) is 5.43. The summed E-state index contributed by atoms with van der Waals surface area (Å²) < 4.78 is 37.5. The van der Waals surface area contributed by atoms with Gasteiger partial charge in [0, 0.05) is 12.6 Å². The average Bonchev–Trinajstić information content (AvgIpc) is 3.05. The van der Waals surface area contributed by atoms with Crippen molar-refractivity contribution in [1.82, 2.24) is 4.90 Å². The van der Waals surface area contributed by atoms with Crippen LogP contribution in [0, 0.1) is 5.92 Å². The fraction of sp³-hybridized carbons (Fsp3) is 0.909. The van der Waals surface area contributed by atoms with Gasteiger partial charge in [-0.25, -0.2) is 0 Å². The molecule has 2 aliphatic carbocycles. The molecular formula is C11H18F3N3O. The number of alkyl halides is 3. The number of amides is 1. The quantitative estimate of drug-likeness (QED) is 0.739. The maximum absolute atomic E-state index is 12.5. The summed E-state index contributed by atoms with van der Waals surface area (Å²) in [4.78, 5) is 12.7. The summed E-state index contributed by atoms with van der Waals surface area (Å²) in [7, 11) is 0. The highest BCUT2D eigenvalue weighted by molar-refractivity contribution is 5.85. The summed E-state index contributed by atoms with van der Waals surface area (Å²) in [5.41, 5.74) is 9.91. The maximum atomic E-state index is 12.5. The number of rotatable bonds is 6. The van der Waals surface area contributed by atoms with Crippen molar-refractivity contribution in [3.05, 3.63) is 0 Å². The van der Waals surface area contributed by atoms with Crippen LogP contribution >= 0.6 is 0 Å². The zero-order valence-electron chi connectivity index (χ0n) is 10.0. The molecular weight excluding hydrogens is 247 g/mol. The van der Waals surface area contributed by atoms with Gasteiger partial charge in [0.1, 0.15) is 5.54 Å². The van der Waals surface area contributed by atoms with Crippen LogP contribution < -0.4 is 11.5 Å². The lowest BCUT2D eigenvalue weighted by molar-refractivity contribution is -0.151. The highest BCUT2D eigenvalue weighted by Gasteiger charge is 2.50. The first-order chi connectivity index (χ1) is 8.22. The first-order valence-electron chi connectivity index (χ1n) is 6.12. The van der Waals surface area contributed by atoms with E-state index in [1.807, 2.05) is 0 Å². The molecule has 0 aromatic rings. The zero-order chi connectivity index (χ0) is 13.6. The Morgan fingerprint density at radius 2 is 1.72 bits per heavy atom. The Kier molecular flexibility index (Phi) is 3.31. The minimum Gasteiger partial charge on any atom is -0.368 e. The molecule has 0 aliphatic heterocycles. The zero-order valence-corrected chi connectivity index (χ0v) is 10.0. The predicted molar refractivity (Wildman–Crippen MR) is 59.5 cm³/mol. The molecule has 1 amide bonds. The van der Waals surface area contributed by atoms with E-state index in [2.05, 4.69) is 0 Å². The summed E-state index contributed by atoms with van der Waals surface area (Å²) in [6.07, 6.45) is -1.27. The Morgan fingerprint density at radius 3 is 2.06 bits per heavy atom. The summed E-state index contributed by atoms with van der Waals surface area (Å²) in [5, 5.41) is 0. The lowest BCUT2D eigenvalue weighted by Crippen LogP contribution is -2.61. The fourth-order valence-corrected chi connectivity index (χ4v) is 2.33. The number of carbonyl (C=O) groups is 1. The molecule has 2 saturated carbocycles. The summed E-state index contributed by atoms with van der Waals surface area (Å²) >= 11 is 0. The van der Waals surface area contributed by atoms with Gasteiger partial charge < -0.3 is 11.5 Å². The highest BCUT2D eigenvalue weighted by atomic mass is 19.4. The minimum absolute atomic E-state index is 0.0653. The maximum Gasteiger partial charge on any atom is 0.401 e. The van der Waals surface area contributed by atoms with Crippen LogP contribution in [-0.2, 0) is 4.79 Å². The van der Waals surface area contributed by atoms with E-state index in [0.29, 0.717) is 0 Å². The summed E-state index contributed by atoms with van der Waals surface area (Å²) in [6, 6.07) is -0.104. The molecule has 4 nitrogen and oxygen atoms in total. The van der Waals surface area contributed by atoms with Crippen LogP contribution in [0.2, 0.25) is 0 Å². The Bertz CT molecular complexity index is 339. The SMILES string of the molecule is NC(=O)C(N)(CN(CC(F)(F)F)C1CC1)C1CC1. The van der Waals surface area contributed by atoms with Crippen molar-refractivity contribution in [2.75, 3.05) is 13.1 Å². The number of halogens is 3. The van der Waals surface area contributed by atoms with Crippen LogP contribution in [0.1, 0.15) is 25.7 Å². The van der Waals surface area contributed by atoms with E-state index in [4.69, 9.17) is 11.5 Å². The molecule has 2 aliphatic rings. The molecule has 4 N–H and O–H groups in total. The van der Waals surface area contributed by atoms with Gasteiger partial charge in [0.2, 0.25) is 5.91 Å². The Morgan fingerprint density at radius 1 is 1.17 bits per heavy atom.